The van der Waals surface area contributed by atoms with Crippen molar-refractivity contribution in [3.05, 3.63) is 40.9 Å². The molecule has 116 valence electrons. The highest BCUT2D eigenvalue weighted by molar-refractivity contribution is 9.10. The first-order chi connectivity index (χ1) is 9.82. The lowest BCUT2D eigenvalue weighted by atomic mass is 9.59. The van der Waals surface area contributed by atoms with Crippen molar-refractivity contribution in [3.8, 4) is 5.75 Å². The second-order valence-corrected chi connectivity index (χ2v) is 7.61. The molecule has 0 aromatic heterocycles. The Morgan fingerprint density at radius 3 is 2.71 bits per heavy atom. The lowest BCUT2D eigenvalue weighted by Gasteiger charge is -2.48. The number of halogens is 1. The van der Waals surface area contributed by atoms with Crippen LogP contribution < -0.4 is 4.74 Å². The summed E-state index contributed by atoms with van der Waals surface area (Å²) >= 11 is 3.62. The molecule has 0 amide bonds. The van der Waals surface area contributed by atoms with Gasteiger partial charge in [0.2, 0.25) is 0 Å². The molecule has 0 heterocycles. The van der Waals surface area contributed by atoms with E-state index in [4.69, 9.17) is 4.74 Å². The summed E-state index contributed by atoms with van der Waals surface area (Å²) in [6, 6.07) is 6.04. The van der Waals surface area contributed by atoms with E-state index in [1.807, 2.05) is 12.1 Å². The van der Waals surface area contributed by atoms with E-state index in [-0.39, 0.29) is 11.3 Å². The van der Waals surface area contributed by atoms with Crippen LogP contribution in [0.15, 0.2) is 35.3 Å². The SMILES string of the molecule is C=C[C@@]1(O)CCCC(C)(C)[C@@H]1Cc1ccc(OC)cc1Br. The molecule has 0 radical (unpaired) electrons. The highest BCUT2D eigenvalue weighted by Gasteiger charge is 2.46. The number of hydrogen-bond acceptors (Lipinski definition) is 2. The zero-order valence-electron chi connectivity index (χ0n) is 13.2. The van der Waals surface area contributed by atoms with Gasteiger partial charge in [-0.2, -0.15) is 0 Å². The largest absolute Gasteiger partial charge is 0.497 e. The molecule has 0 spiro atoms. The molecule has 2 atom stereocenters. The van der Waals surface area contributed by atoms with E-state index in [9.17, 15) is 5.11 Å². The summed E-state index contributed by atoms with van der Waals surface area (Å²) in [7, 11) is 1.67. The van der Waals surface area contributed by atoms with Crippen molar-refractivity contribution < 1.29 is 9.84 Å². The zero-order valence-corrected chi connectivity index (χ0v) is 14.7. The van der Waals surface area contributed by atoms with Gasteiger partial charge in [-0.3, -0.25) is 0 Å². The minimum absolute atomic E-state index is 0.0978. The predicted molar refractivity (Wildman–Crippen MR) is 90.7 cm³/mol. The Morgan fingerprint density at radius 2 is 2.14 bits per heavy atom. The fraction of sp³-hybridized carbons (Fsp3) is 0.556. The van der Waals surface area contributed by atoms with Gasteiger partial charge in [-0.05, 0) is 48.8 Å². The Hall–Kier alpha value is -0.800. The van der Waals surface area contributed by atoms with E-state index in [1.165, 1.54) is 5.56 Å². The van der Waals surface area contributed by atoms with Crippen LogP contribution in [0.5, 0.6) is 5.75 Å². The molecule has 1 N–H and O–H groups in total. The quantitative estimate of drug-likeness (QED) is 0.792. The van der Waals surface area contributed by atoms with Crippen LogP contribution in [0.25, 0.3) is 0 Å². The van der Waals surface area contributed by atoms with Crippen LogP contribution in [0.1, 0.15) is 38.7 Å². The van der Waals surface area contributed by atoms with E-state index in [1.54, 1.807) is 13.2 Å². The van der Waals surface area contributed by atoms with Crippen molar-refractivity contribution in [1.82, 2.24) is 0 Å². The van der Waals surface area contributed by atoms with Crippen molar-refractivity contribution in [2.45, 2.75) is 45.1 Å². The molecule has 0 saturated heterocycles. The number of benzene rings is 1. The van der Waals surface area contributed by atoms with E-state index in [2.05, 4.69) is 42.4 Å². The summed E-state index contributed by atoms with van der Waals surface area (Å²) in [6.07, 6.45) is 5.58. The minimum Gasteiger partial charge on any atom is -0.497 e. The maximum Gasteiger partial charge on any atom is 0.120 e. The molecule has 21 heavy (non-hydrogen) atoms. The third-order valence-corrected chi connectivity index (χ3v) is 5.72. The van der Waals surface area contributed by atoms with Crippen molar-refractivity contribution in [3.63, 3.8) is 0 Å². The van der Waals surface area contributed by atoms with Crippen LogP contribution >= 0.6 is 15.9 Å². The van der Waals surface area contributed by atoms with Gasteiger partial charge in [0.25, 0.3) is 0 Å². The Kier molecular flexibility index (Phi) is 4.84. The van der Waals surface area contributed by atoms with Crippen LogP contribution in [0.2, 0.25) is 0 Å². The monoisotopic (exact) mass is 352 g/mol. The van der Waals surface area contributed by atoms with E-state index >= 15 is 0 Å². The van der Waals surface area contributed by atoms with Crippen molar-refractivity contribution in [2.75, 3.05) is 7.11 Å². The second kappa shape index (κ2) is 6.13. The fourth-order valence-corrected chi connectivity index (χ4v) is 4.11. The molecule has 2 rings (SSSR count). The van der Waals surface area contributed by atoms with Gasteiger partial charge in [0.15, 0.2) is 0 Å². The maximum absolute atomic E-state index is 11.0. The van der Waals surface area contributed by atoms with Crippen molar-refractivity contribution in [2.24, 2.45) is 11.3 Å². The highest BCUT2D eigenvalue weighted by atomic mass is 79.9. The summed E-state index contributed by atoms with van der Waals surface area (Å²) < 4.78 is 6.28. The van der Waals surface area contributed by atoms with Gasteiger partial charge in [0.1, 0.15) is 5.75 Å². The first-order valence-corrected chi connectivity index (χ1v) is 8.30. The molecule has 0 aliphatic heterocycles. The maximum atomic E-state index is 11.0. The van der Waals surface area contributed by atoms with Crippen LogP contribution in [0.3, 0.4) is 0 Å². The Morgan fingerprint density at radius 1 is 1.43 bits per heavy atom. The molecule has 1 aliphatic rings. The molecule has 1 saturated carbocycles. The lowest BCUT2D eigenvalue weighted by Crippen LogP contribution is -2.48. The normalized spacial score (nSPS) is 28.1. The fourth-order valence-electron chi connectivity index (χ4n) is 3.59. The summed E-state index contributed by atoms with van der Waals surface area (Å²) in [6.45, 7) is 8.39. The summed E-state index contributed by atoms with van der Waals surface area (Å²) in [5.74, 6) is 1.01. The summed E-state index contributed by atoms with van der Waals surface area (Å²) in [5.41, 5.74) is 0.526. The summed E-state index contributed by atoms with van der Waals surface area (Å²) in [5, 5.41) is 11.0. The number of ether oxygens (including phenoxy) is 1. The molecule has 3 heteroatoms. The van der Waals surface area contributed by atoms with Gasteiger partial charge >= 0.3 is 0 Å². The third kappa shape index (κ3) is 3.35. The molecule has 0 bridgehead atoms. The molecule has 2 nitrogen and oxygen atoms in total. The molecule has 1 aromatic rings. The van der Waals surface area contributed by atoms with Crippen molar-refractivity contribution in [1.29, 1.82) is 0 Å². The Balaban J connectivity index is 2.32. The van der Waals surface area contributed by atoms with Gasteiger partial charge in [0, 0.05) is 10.4 Å². The highest BCUT2D eigenvalue weighted by Crippen LogP contribution is 2.48. The summed E-state index contributed by atoms with van der Waals surface area (Å²) in [4.78, 5) is 0. The molecular formula is C18H25BrO2. The van der Waals surface area contributed by atoms with Crippen LogP contribution in [0, 0.1) is 11.3 Å². The minimum atomic E-state index is -0.777. The first-order valence-electron chi connectivity index (χ1n) is 7.51. The topological polar surface area (TPSA) is 29.5 Å². The first kappa shape index (κ1) is 16.6. The van der Waals surface area contributed by atoms with Gasteiger partial charge in [0.05, 0.1) is 12.7 Å². The average Bonchev–Trinajstić information content (AvgIpc) is 2.44. The van der Waals surface area contributed by atoms with E-state index in [0.29, 0.717) is 0 Å². The zero-order chi connectivity index (χ0) is 15.7. The molecule has 1 fully saturated rings. The van der Waals surface area contributed by atoms with Crippen LogP contribution in [-0.2, 0) is 6.42 Å². The van der Waals surface area contributed by atoms with Gasteiger partial charge < -0.3 is 9.84 Å². The molecular weight excluding hydrogens is 328 g/mol. The van der Waals surface area contributed by atoms with Crippen LogP contribution in [-0.4, -0.2) is 17.8 Å². The standard InChI is InChI=1S/C18H25BrO2/c1-5-18(20)10-6-9-17(2,3)16(18)11-13-7-8-14(21-4)12-15(13)19/h5,7-8,12,16,20H,1,6,9-11H2,2-4H3/t16-,18+/m0/s1. The van der Waals surface area contributed by atoms with Crippen molar-refractivity contribution >= 4 is 15.9 Å². The lowest BCUT2D eigenvalue weighted by molar-refractivity contribution is -0.0666. The number of aliphatic hydroxyl groups is 1. The smallest absolute Gasteiger partial charge is 0.120 e. The van der Waals surface area contributed by atoms with Gasteiger partial charge in [-0.15, -0.1) is 6.58 Å². The van der Waals surface area contributed by atoms with Gasteiger partial charge in [-0.25, -0.2) is 0 Å². The predicted octanol–water partition coefficient (Wildman–Crippen LogP) is 4.74. The van der Waals surface area contributed by atoms with Crippen LogP contribution in [0.4, 0.5) is 0 Å². The van der Waals surface area contributed by atoms with E-state index < -0.39 is 5.60 Å². The average molecular weight is 353 g/mol. The number of methoxy groups -OCH3 is 1. The number of rotatable bonds is 4. The Bertz CT molecular complexity index is 524. The third-order valence-electron chi connectivity index (χ3n) is 4.98. The number of hydrogen-bond donors (Lipinski definition) is 1. The molecule has 0 unspecified atom stereocenters. The van der Waals surface area contributed by atoms with E-state index in [0.717, 1.165) is 35.9 Å². The molecule has 1 aliphatic carbocycles. The molecule has 1 aromatic carbocycles. The van der Waals surface area contributed by atoms with Gasteiger partial charge in [-0.1, -0.05) is 41.9 Å². The second-order valence-electron chi connectivity index (χ2n) is 6.75. The Labute approximate surface area is 136 Å².